The van der Waals surface area contributed by atoms with Crippen molar-refractivity contribution in [2.45, 2.75) is 32.9 Å². The molecule has 0 aliphatic heterocycles. The Morgan fingerprint density at radius 1 is 1.54 bits per heavy atom. The van der Waals surface area contributed by atoms with Crippen LogP contribution in [0.4, 0.5) is 0 Å². The van der Waals surface area contributed by atoms with Crippen LogP contribution >= 0.6 is 15.9 Å². The van der Waals surface area contributed by atoms with E-state index in [1.807, 2.05) is 6.07 Å². The molecule has 3 nitrogen and oxygen atoms in total. The summed E-state index contributed by atoms with van der Waals surface area (Å²) in [6.07, 6.45) is 0. The van der Waals surface area contributed by atoms with Crippen LogP contribution in [0.15, 0.2) is 15.2 Å². The van der Waals surface area contributed by atoms with Crippen LogP contribution in [-0.4, -0.2) is 22.6 Å². The minimum atomic E-state index is 0.152. The molecule has 0 atom stereocenters. The second-order valence-corrected chi connectivity index (χ2v) is 4.96. The van der Waals surface area contributed by atoms with Gasteiger partial charge >= 0.3 is 0 Å². The van der Waals surface area contributed by atoms with E-state index < -0.39 is 0 Å². The van der Waals surface area contributed by atoms with Gasteiger partial charge in [0.2, 0.25) is 0 Å². The van der Waals surface area contributed by atoms with Gasteiger partial charge in [-0.1, -0.05) is 5.16 Å². The van der Waals surface area contributed by atoms with Gasteiger partial charge < -0.3 is 4.52 Å². The van der Waals surface area contributed by atoms with Gasteiger partial charge in [-0.25, -0.2) is 0 Å². The minimum absolute atomic E-state index is 0.152. The zero-order chi connectivity index (χ0) is 10.1. The molecule has 13 heavy (non-hydrogen) atoms. The first kappa shape index (κ1) is 10.7. The summed E-state index contributed by atoms with van der Waals surface area (Å²) in [6.45, 7) is 7.28. The molecule has 1 rings (SSSR count). The van der Waals surface area contributed by atoms with Gasteiger partial charge in [0.1, 0.15) is 4.60 Å². The first-order valence-electron chi connectivity index (χ1n) is 4.22. The smallest absolute Gasteiger partial charge is 0.151 e. The predicted octanol–water partition coefficient (Wildman–Crippen LogP) is 2.67. The van der Waals surface area contributed by atoms with E-state index in [4.69, 9.17) is 4.52 Å². The number of rotatable bonds is 2. The lowest BCUT2D eigenvalue weighted by atomic mass is 10.1. The van der Waals surface area contributed by atoms with Gasteiger partial charge in [0, 0.05) is 11.6 Å². The number of hydrogen-bond acceptors (Lipinski definition) is 3. The van der Waals surface area contributed by atoms with Crippen LogP contribution in [0.1, 0.15) is 26.5 Å². The molecule has 0 radical (unpaired) electrons. The molecular formula is C9H15BrN2O. The third kappa shape index (κ3) is 3.12. The van der Waals surface area contributed by atoms with Crippen molar-refractivity contribution in [2.24, 2.45) is 0 Å². The maximum Gasteiger partial charge on any atom is 0.151 e. The molecule has 0 fully saturated rings. The molecule has 0 N–H and O–H groups in total. The Hall–Kier alpha value is -0.350. The lowest BCUT2D eigenvalue weighted by molar-refractivity contribution is 0.150. The van der Waals surface area contributed by atoms with Crippen LogP contribution in [0.25, 0.3) is 0 Å². The summed E-state index contributed by atoms with van der Waals surface area (Å²) in [5.74, 6) is 0.879. The average molecular weight is 247 g/mol. The molecule has 0 aliphatic rings. The van der Waals surface area contributed by atoms with Crippen molar-refractivity contribution in [1.82, 2.24) is 10.1 Å². The van der Waals surface area contributed by atoms with Crippen LogP contribution in [-0.2, 0) is 6.54 Å². The summed E-state index contributed by atoms with van der Waals surface area (Å²) in [6, 6.07) is 1.89. The second-order valence-electron chi connectivity index (χ2n) is 4.14. The molecule has 0 amide bonds. The number of hydrogen-bond donors (Lipinski definition) is 0. The van der Waals surface area contributed by atoms with Crippen LogP contribution in [0.3, 0.4) is 0 Å². The number of aromatic nitrogens is 1. The molecule has 1 aromatic heterocycles. The first-order valence-corrected chi connectivity index (χ1v) is 5.01. The monoisotopic (exact) mass is 246 g/mol. The Morgan fingerprint density at radius 2 is 2.15 bits per heavy atom. The quantitative estimate of drug-likeness (QED) is 0.804. The van der Waals surface area contributed by atoms with E-state index in [1.54, 1.807) is 0 Å². The Labute approximate surface area is 87.2 Å². The van der Waals surface area contributed by atoms with E-state index in [9.17, 15) is 0 Å². The molecule has 0 spiro atoms. The largest absolute Gasteiger partial charge is 0.359 e. The SMILES string of the molecule is CN(Cc1cc(Br)no1)C(C)(C)C. The van der Waals surface area contributed by atoms with Crippen LogP contribution < -0.4 is 0 Å². The molecule has 1 heterocycles. The van der Waals surface area contributed by atoms with Gasteiger partial charge in [-0.05, 0) is 43.7 Å². The van der Waals surface area contributed by atoms with Crippen LogP contribution in [0.5, 0.6) is 0 Å². The zero-order valence-corrected chi connectivity index (χ0v) is 10.1. The molecule has 0 aromatic carbocycles. The highest BCUT2D eigenvalue weighted by Gasteiger charge is 2.18. The van der Waals surface area contributed by atoms with E-state index in [2.05, 4.69) is 53.8 Å². The van der Waals surface area contributed by atoms with Gasteiger partial charge in [0.05, 0.1) is 6.54 Å². The van der Waals surface area contributed by atoms with E-state index >= 15 is 0 Å². The van der Waals surface area contributed by atoms with Crippen molar-refractivity contribution in [2.75, 3.05) is 7.05 Å². The Balaban J connectivity index is 2.60. The average Bonchev–Trinajstić information content (AvgIpc) is 2.33. The van der Waals surface area contributed by atoms with E-state index in [0.717, 1.165) is 16.9 Å². The first-order chi connectivity index (χ1) is 5.89. The van der Waals surface area contributed by atoms with Crippen molar-refractivity contribution in [3.63, 3.8) is 0 Å². The zero-order valence-electron chi connectivity index (χ0n) is 8.47. The van der Waals surface area contributed by atoms with E-state index in [0.29, 0.717) is 0 Å². The van der Waals surface area contributed by atoms with Crippen molar-refractivity contribution in [3.05, 3.63) is 16.4 Å². The topological polar surface area (TPSA) is 29.3 Å². The predicted molar refractivity (Wildman–Crippen MR) is 55.4 cm³/mol. The highest BCUT2D eigenvalue weighted by molar-refractivity contribution is 9.10. The molecular weight excluding hydrogens is 232 g/mol. The van der Waals surface area contributed by atoms with Gasteiger partial charge in [0.25, 0.3) is 0 Å². The highest BCUT2D eigenvalue weighted by Crippen LogP contribution is 2.16. The Kier molecular flexibility index (Phi) is 3.14. The summed E-state index contributed by atoms with van der Waals surface area (Å²) in [5, 5.41) is 3.77. The summed E-state index contributed by atoms with van der Waals surface area (Å²) >= 11 is 3.25. The summed E-state index contributed by atoms with van der Waals surface area (Å²) in [4.78, 5) is 2.21. The van der Waals surface area contributed by atoms with Crippen LogP contribution in [0.2, 0.25) is 0 Å². The summed E-state index contributed by atoms with van der Waals surface area (Å²) in [7, 11) is 2.07. The number of halogens is 1. The fourth-order valence-corrected chi connectivity index (χ4v) is 1.16. The van der Waals surface area contributed by atoms with E-state index in [1.165, 1.54) is 0 Å². The van der Waals surface area contributed by atoms with Gasteiger partial charge in [-0.2, -0.15) is 0 Å². The maximum absolute atomic E-state index is 5.09. The lowest BCUT2D eigenvalue weighted by Crippen LogP contribution is -2.37. The molecule has 74 valence electrons. The highest BCUT2D eigenvalue weighted by atomic mass is 79.9. The molecule has 4 heteroatoms. The Morgan fingerprint density at radius 3 is 2.54 bits per heavy atom. The molecule has 0 saturated heterocycles. The summed E-state index contributed by atoms with van der Waals surface area (Å²) in [5.41, 5.74) is 0.152. The van der Waals surface area contributed by atoms with Crippen molar-refractivity contribution in [3.8, 4) is 0 Å². The number of nitrogens with zero attached hydrogens (tertiary/aromatic N) is 2. The van der Waals surface area contributed by atoms with Crippen molar-refractivity contribution < 1.29 is 4.52 Å². The summed E-state index contributed by atoms with van der Waals surface area (Å²) < 4.78 is 5.85. The normalized spacial score (nSPS) is 12.5. The third-order valence-corrected chi connectivity index (χ3v) is 2.44. The van der Waals surface area contributed by atoms with Crippen LogP contribution in [0, 0.1) is 0 Å². The maximum atomic E-state index is 5.09. The van der Waals surface area contributed by atoms with Gasteiger partial charge in [-0.15, -0.1) is 0 Å². The second kappa shape index (κ2) is 3.80. The van der Waals surface area contributed by atoms with Gasteiger partial charge in [0.15, 0.2) is 5.76 Å². The fourth-order valence-electron chi connectivity index (χ4n) is 0.833. The molecule has 0 unspecified atom stereocenters. The molecule has 0 saturated carbocycles. The molecule has 1 aromatic rings. The Bertz CT molecular complexity index is 277. The van der Waals surface area contributed by atoms with E-state index in [-0.39, 0.29) is 5.54 Å². The third-order valence-electron chi connectivity index (χ3n) is 2.07. The fraction of sp³-hybridized carbons (Fsp3) is 0.667. The minimum Gasteiger partial charge on any atom is -0.359 e. The van der Waals surface area contributed by atoms with Gasteiger partial charge in [-0.3, -0.25) is 4.90 Å². The molecule has 0 bridgehead atoms. The lowest BCUT2D eigenvalue weighted by Gasteiger charge is -2.30. The van der Waals surface area contributed by atoms with Crippen molar-refractivity contribution >= 4 is 15.9 Å². The molecule has 0 aliphatic carbocycles. The van der Waals surface area contributed by atoms with Crippen molar-refractivity contribution in [1.29, 1.82) is 0 Å². The standard InChI is InChI=1S/C9H15BrN2O/c1-9(2,3)12(4)6-7-5-8(10)11-13-7/h5H,6H2,1-4H3.